The minimum absolute atomic E-state index is 0.174. The summed E-state index contributed by atoms with van der Waals surface area (Å²) < 4.78 is 0. The Kier molecular flexibility index (Phi) is 2.88. The van der Waals surface area contributed by atoms with E-state index < -0.39 is 5.38 Å². The Morgan fingerprint density at radius 2 is 2.06 bits per heavy atom. The second-order valence-electron chi connectivity index (χ2n) is 4.26. The maximum Gasteiger partial charge on any atom is 0.240 e. The van der Waals surface area contributed by atoms with E-state index in [0.29, 0.717) is 19.5 Å². The molecule has 0 bridgehead atoms. The Hall–Kier alpha value is -1.10. The third-order valence-electron chi connectivity index (χ3n) is 3.18. The average Bonchev–Trinajstić information content (AvgIpc) is 2.53. The Morgan fingerprint density at radius 1 is 1.44 bits per heavy atom. The highest BCUT2D eigenvalue weighted by Crippen LogP contribution is 2.28. The van der Waals surface area contributed by atoms with Gasteiger partial charge in [0, 0.05) is 13.1 Å². The molecule has 0 aromatic carbocycles. The van der Waals surface area contributed by atoms with E-state index in [9.17, 15) is 14.4 Å². The molecule has 1 N–H and O–H groups in total. The number of nitrogens with one attached hydrogen (secondary N) is 1. The first-order valence-electron chi connectivity index (χ1n) is 5.28. The molecular formula is C10H13ClN2O3. The van der Waals surface area contributed by atoms with Crippen molar-refractivity contribution in [1.29, 1.82) is 0 Å². The monoisotopic (exact) mass is 244 g/mol. The van der Waals surface area contributed by atoms with E-state index in [1.54, 1.807) is 11.8 Å². The zero-order valence-electron chi connectivity index (χ0n) is 8.90. The van der Waals surface area contributed by atoms with Gasteiger partial charge in [-0.3, -0.25) is 19.7 Å². The van der Waals surface area contributed by atoms with Crippen molar-refractivity contribution in [2.75, 3.05) is 13.1 Å². The fourth-order valence-corrected chi connectivity index (χ4v) is 2.43. The van der Waals surface area contributed by atoms with Gasteiger partial charge in [-0.05, 0) is 13.3 Å². The van der Waals surface area contributed by atoms with Crippen LogP contribution < -0.4 is 5.32 Å². The summed E-state index contributed by atoms with van der Waals surface area (Å²) in [4.78, 5) is 36.0. The normalized spacial score (nSPS) is 31.0. The molecule has 0 spiro atoms. The summed E-state index contributed by atoms with van der Waals surface area (Å²) in [5, 5.41) is 1.71. The van der Waals surface area contributed by atoms with Gasteiger partial charge in [0.2, 0.25) is 17.7 Å². The maximum atomic E-state index is 11.7. The van der Waals surface area contributed by atoms with Crippen molar-refractivity contribution in [1.82, 2.24) is 10.2 Å². The first-order valence-corrected chi connectivity index (χ1v) is 5.72. The molecule has 0 aliphatic carbocycles. The van der Waals surface area contributed by atoms with Crippen LogP contribution in [0.3, 0.4) is 0 Å². The van der Waals surface area contributed by atoms with Crippen LogP contribution in [0.1, 0.15) is 13.3 Å². The van der Waals surface area contributed by atoms with Crippen molar-refractivity contribution < 1.29 is 14.4 Å². The van der Waals surface area contributed by atoms with Crippen LogP contribution in [0.25, 0.3) is 0 Å². The number of piperidine rings is 1. The first-order chi connectivity index (χ1) is 7.50. The summed E-state index contributed by atoms with van der Waals surface area (Å²) >= 11 is 5.71. The molecule has 3 atom stereocenters. The molecule has 16 heavy (non-hydrogen) atoms. The standard InChI is InChI=1S/C10H13ClN2O3/c1-5(11)10(16)13-3-2-6-7(4-13)9(15)12-8(6)14/h5-7H,2-4H2,1H3,(H,12,14,15)/t5-,6-,7-/m0/s1. The lowest BCUT2D eigenvalue weighted by Gasteiger charge is -2.33. The summed E-state index contributed by atoms with van der Waals surface area (Å²) in [6, 6.07) is 0. The van der Waals surface area contributed by atoms with Gasteiger partial charge in [-0.2, -0.15) is 0 Å². The van der Waals surface area contributed by atoms with E-state index in [1.807, 2.05) is 0 Å². The lowest BCUT2D eigenvalue weighted by atomic mass is 9.87. The molecule has 2 saturated heterocycles. The molecular weight excluding hydrogens is 232 g/mol. The van der Waals surface area contributed by atoms with Crippen molar-refractivity contribution in [2.24, 2.45) is 11.8 Å². The van der Waals surface area contributed by atoms with Crippen LogP contribution in [0.2, 0.25) is 0 Å². The van der Waals surface area contributed by atoms with Gasteiger partial charge in [0.05, 0.1) is 11.8 Å². The second-order valence-corrected chi connectivity index (χ2v) is 4.91. The highest BCUT2D eigenvalue weighted by molar-refractivity contribution is 6.30. The number of halogens is 1. The van der Waals surface area contributed by atoms with Crippen LogP contribution in [-0.4, -0.2) is 41.1 Å². The summed E-state index contributed by atoms with van der Waals surface area (Å²) in [5.41, 5.74) is 0. The van der Waals surface area contributed by atoms with Crippen molar-refractivity contribution in [3.05, 3.63) is 0 Å². The number of fused-ring (bicyclic) bond motifs is 1. The number of nitrogens with zero attached hydrogens (tertiary/aromatic N) is 1. The van der Waals surface area contributed by atoms with E-state index >= 15 is 0 Å². The summed E-state index contributed by atoms with van der Waals surface area (Å²) in [6.45, 7) is 2.41. The number of rotatable bonds is 1. The number of alkyl halides is 1. The van der Waals surface area contributed by atoms with Gasteiger partial charge in [0.1, 0.15) is 5.38 Å². The van der Waals surface area contributed by atoms with Gasteiger partial charge in [0.25, 0.3) is 0 Å². The van der Waals surface area contributed by atoms with Gasteiger partial charge in [-0.1, -0.05) is 0 Å². The maximum absolute atomic E-state index is 11.7. The molecule has 0 aromatic rings. The smallest absolute Gasteiger partial charge is 0.240 e. The number of likely N-dealkylation sites (tertiary alicyclic amines) is 1. The van der Waals surface area contributed by atoms with Crippen molar-refractivity contribution >= 4 is 29.3 Å². The average molecular weight is 245 g/mol. The fourth-order valence-electron chi connectivity index (χ4n) is 2.29. The minimum Gasteiger partial charge on any atom is -0.341 e. The van der Waals surface area contributed by atoms with Crippen LogP contribution in [0.4, 0.5) is 0 Å². The van der Waals surface area contributed by atoms with E-state index in [2.05, 4.69) is 5.32 Å². The number of carbonyl (C=O) groups is 3. The van der Waals surface area contributed by atoms with Crippen molar-refractivity contribution in [3.8, 4) is 0 Å². The summed E-state index contributed by atoms with van der Waals surface area (Å²) in [7, 11) is 0. The third-order valence-corrected chi connectivity index (χ3v) is 3.37. The molecule has 0 unspecified atom stereocenters. The number of hydrogen-bond acceptors (Lipinski definition) is 3. The molecule has 0 saturated carbocycles. The van der Waals surface area contributed by atoms with Crippen LogP contribution in [-0.2, 0) is 14.4 Å². The van der Waals surface area contributed by atoms with E-state index in [-0.39, 0.29) is 29.6 Å². The molecule has 5 nitrogen and oxygen atoms in total. The lowest BCUT2D eigenvalue weighted by Crippen LogP contribution is -2.47. The van der Waals surface area contributed by atoms with E-state index in [0.717, 1.165) is 0 Å². The molecule has 88 valence electrons. The third kappa shape index (κ3) is 1.80. The Morgan fingerprint density at radius 3 is 2.69 bits per heavy atom. The topological polar surface area (TPSA) is 66.5 Å². The molecule has 0 aromatic heterocycles. The van der Waals surface area contributed by atoms with E-state index in [1.165, 1.54) is 0 Å². The lowest BCUT2D eigenvalue weighted by molar-refractivity contribution is -0.135. The number of imide groups is 1. The predicted molar refractivity (Wildman–Crippen MR) is 56.6 cm³/mol. The molecule has 2 aliphatic heterocycles. The number of hydrogen-bond donors (Lipinski definition) is 1. The van der Waals surface area contributed by atoms with Gasteiger partial charge in [-0.15, -0.1) is 11.6 Å². The van der Waals surface area contributed by atoms with Gasteiger partial charge >= 0.3 is 0 Å². The zero-order valence-corrected chi connectivity index (χ0v) is 9.66. The fraction of sp³-hybridized carbons (Fsp3) is 0.700. The first kappa shape index (κ1) is 11.4. The van der Waals surface area contributed by atoms with E-state index in [4.69, 9.17) is 11.6 Å². The Balaban J connectivity index is 2.08. The quantitative estimate of drug-likeness (QED) is 0.510. The van der Waals surface area contributed by atoms with Gasteiger partial charge in [-0.25, -0.2) is 0 Å². The Labute approximate surface area is 98.1 Å². The minimum atomic E-state index is -0.586. The molecule has 2 fully saturated rings. The van der Waals surface area contributed by atoms with Crippen LogP contribution in [0, 0.1) is 11.8 Å². The highest BCUT2D eigenvalue weighted by atomic mass is 35.5. The Bertz CT molecular complexity index is 356. The summed E-state index contributed by atoms with van der Waals surface area (Å²) in [6.07, 6.45) is 0.539. The number of carbonyl (C=O) groups excluding carboxylic acids is 3. The highest BCUT2D eigenvalue weighted by Gasteiger charge is 2.45. The second kappa shape index (κ2) is 4.05. The van der Waals surface area contributed by atoms with Gasteiger partial charge < -0.3 is 4.90 Å². The largest absolute Gasteiger partial charge is 0.341 e. The van der Waals surface area contributed by atoms with Crippen LogP contribution in [0.5, 0.6) is 0 Å². The van der Waals surface area contributed by atoms with Crippen molar-refractivity contribution in [3.63, 3.8) is 0 Å². The molecule has 2 heterocycles. The molecule has 0 radical (unpaired) electrons. The number of amides is 3. The SMILES string of the molecule is C[C@H](Cl)C(=O)N1CC[C@@H]2C(=O)NC(=O)[C@H]2C1. The van der Waals surface area contributed by atoms with Crippen molar-refractivity contribution in [2.45, 2.75) is 18.7 Å². The molecule has 2 aliphatic rings. The van der Waals surface area contributed by atoms with Crippen LogP contribution in [0.15, 0.2) is 0 Å². The van der Waals surface area contributed by atoms with Crippen LogP contribution >= 0.6 is 11.6 Å². The molecule has 6 heteroatoms. The molecule has 3 amide bonds. The zero-order chi connectivity index (χ0) is 11.9. The predicted octanol–water partition coefficient (Wildman–Crippen LogP) is -0.265. The van der Waals surface area contributed by atoms with Gasteiger partial charge in [0.15, 0.2) is 0 Å². The summed E-state index contributed by atoms with van der Waals surface area (Å²) in [5.74, 6) is -1.30. The molecule has 2 rings (SSSR count).